The molecule has 0 aromatic carbocycles. The Bertz CT molecular complexity index is 87.7. The standard InChI is InChI=1S/C4H8N2S/c1-3-4(5)6-7-2/h3H,1H2,2H3,(H2,5,6). The Kier molecular flexibility index (Phi) is 3.50. The third-order valence-electron chi connectivity index (χ3n) is 0.406. The molecule has 0 atom stereocenters. The molecule has 40 valence electrons. The van der Waals surface area contributed by atoms with Gasteiger partial charge in [-0.15, -0.1) is 0 Å². The van der Waals surface area contributed by atoms with E-state index in [-0.39, 0.29) is 0 Å². The topological polar surface area (TPSA) is 38.4 Å². The summed E-state index contributed by atoms with van der Waals surface area (Å²) in [5.41, 5.74) is 5.19. The summed E-state index contributed by atoms with van der Waals surface area (Å²) in [5.74, 6) is 0.479. The molecule has 0 fully saturated rings. The largest absolute Gasteiger partial charge is 0.383 e. The van der Waals surface area contributed by atoms with Crippen molar-refractivity contribution >= 4 is 17.8 Å². The molecule has 0 saturated heterocycles. The fourth-order valence-electron chi connectivity index (χ4n) is 0.143. The van der Waals surface area contributed by atoms with E-state index in [1.165, 1.54) is 18.0 Å². The van der Waals surface area contributed by atoms with Gasteiger partial charge in [0.2, 0.25) is 0 Å². The Hall–Kier alpha value is -0.440. The van der Waals surface area contributed by atoms with Gasteiger partial charge in [0.15, 0.2) is 0 Å². The lowest BCUT2D eigenvalue weighted by Crippen LogP contribution is -2.04. The van der Waals surface area contributed by atoms with Crippen LogP contribution in [0.4, 0.5) is 0 Å². The quantitative estimate of drug-likeness (QED) is 0.329. The molecule has 0 aromatic heterocycles. The highest BCUT2D eigenvalue weighted by atomic mass is 32.2. The number of hydrogen-bond acceptors (Lipinski definition) is 2. The fraction of sp³-hybridized carbons (Fsp3) is 0.250. The van der Waals surface area contributed by atoms with Gasteiger partial charge in [0, 0.05) is 6.26 Å². The Morgan fingerprint density at radius 3 is 2.71 bits per heavy atom. The van der Waals surface area contributed by atoms with Crippen molar-refractivity contribution < 1.29 is 0 Å². The molecule has 0 aliphatic carbocycles. The highest BCUT2D eigenvalue weighted by Gasteiger charge is 1.74. The van der Waals surface area contributed by atoms with E-state index in [9.17, 15) is 0 Å². The number of hydrogen-bond donors (Lipinski definition) is 1. The van der Waals surface area contributed by atoms with E-state index in [1.807, 2.05) is 6.26 Å². The van der Waals surface area contributed by atoms with Crippen LogP contribution in [0.25, 0.3) is 0 Å². The van der Waals surface area contributed by atoms with Crippen molar-refractivity contribution in [3.8, 4) is 0 Å². The number of nitrogens with zero attached hydrogens (tertiary/aromatic N) is 1. The van der Waals surface area contributed by atoms with Crippen molar-refractivity contribution in [3.63, 3.8) is 0 Å². The minimum absolute atomic E-state index is 0.479. The first-order valence-corrected chi connectivity index (χ1v) is 2.98. The molecule has 0 heterocycles. The maximum atomic E-state index is 5.19. The molecule has 3 heteroatoms. The zero-order chi connectivity index (χ0) is 5.70. The van der Waals surface area contributed by atoms with Crippen molar-refractivity contribution in [1.82, 2.24) is 0 Å². The monoisotopic (exact) mass is 116 g/mol. The third kappa shape index (κ3) is 3.39. The van der Waals surface area contributed by atoms with Crippen LogP contribution in [-0.4, -0.2) is 12.1 Å². The van der Waals surface area contributed by atoms with E-state index in [0.717, 1.165) is 0 Å². The highest BCUT2D eigenvalue weighted by molar-refractivity contribution is 7.97. The molecular weight excluding hydrogens is 108 g/mol. The van der Waals surface area contributed by atoms with Gasteiger partial charge in [-0.05, 0) is 18.0 Å². The van der Waals surface area contributed by atoms with Gasteiger partial charge < -0.3 is 5.73 Å². The fourth-order valence-corrected chi connectivity index (χ4v) is 0.428. The molecule has 0 aliphatic rings. The summed E-state index contributed by atoms with van der Waals surface area (Å²) in [6.45, 7) is 3.41. The van der Waals surface area contributed by atoms with Crippen molar-refractivity contribution in [2.45, 2.75) is 0 Å². The summed E-state index contributed by atoms with van der Waals surface area (Å²) < 4.78 is 3.74. The molecule has 0 rings (SSSR count). The predicted molar refractivity (Wildman–Crippen MR) is 35.3 cm³/mol. The Morgan fingerprint density at radius 2 is 2.57 bits per heavy atom. The lowest BCUT2D eigenvalue weighted by atomic mass is 10.6. The molecular formula is C4H8N2S. The summed E-state index contributed by atoms with van der Waals surface area (Å²) in [5, 5.41) is 0. The van der Waals surface area contributed by atoms with Crippen molar-refractivity contribution in [2.24, 2.45) is 10.1 Å². The number of rotatable bonds is 2. The molecule has 0 radical (unpaired) electrons. The van der Waals surface area contributed by atoms with Crippen LogP contribution in [-0.2, 0) is 0 Å². The Morgan fingerprint density at radius 1 is 2.00 bits per heavy atom. The normalized spacial score (nSPS) is 11.3. The van der Waals surface area contributed by atoms with E-state index < -0.39 is 0 Å². The van der Waals surface area contributed by atoms with Gasteiger partial charge in [0.05, 0.1) is 0 Å². The highest BCUT2D eigenvalue weighted by Crippen LogP contribution is 1.90. The SMILES string of the molecule is C=C/C(N)=N\SC. The van der Waals surface area contributed by atoms with E-state index >= 15 is 0 Å². The van der Waals surface area contributed by atoms with Crippen LogP contribution in [0.1, 0.15) is 0 Å². The maximum Gasteiger partial charge on any atom is 0.130 e. The molecule has 0 aromatic rings. The summed E-state index contributed by atoms with van der Waals surface area (Å²) >= 11 is 1.33. The van der Waals surface area contributed by atoms with Crippen LogP contribution < -0.4 is 5.73 Å². The van der Waals surface area contributed by atoms with Crippen LogP contribution in [0.2, 0.25) is 0 Å². The molecule has 0 spiro atoms. The van der Waals surface area contributed by atoms with Crippen molar-refractivity contribution in [2.75, 3.05) is 6.26 Å². The van der Waals surface area contributed by atoms with Crippen LogP contribution >= 0.6 is 11.9 Å². The number of amidine groups is 1. The molecule has 2 nitrogen and oxygen atoms in total. The van der Waals surface area contributed by atoms with Gasteiger partial charge in [-0.3, -0.25) is 0 Å². The Balaban J connectivity index is 3.49. The van der Waals surface area contributed by atoms with Crippen LogP contribution in [0.5, 0.6) is 0 Å². The van der Waals surface area contributed by atoms with Gasteiger partial charge in [0.1, 0.15) is 5.84 Å². The van der Waals surface area contributed by atoms with Crippen molar-refractivity contribution in [3.05, 3.63) is 12.7 Å². The maximum absolute atomic E-state index is 5.19. The molecule has 2 N–H and O–H groups in total. The summed E-state index contributed by atoms with van der Waals surface area (Å²) in [6, 6.07) is 0. The van der Waals surface area contributed by atoms with Gasteiger partial charge in [-0.25, -0.2) is 0 Å². The van der Waals surface area contributed by atoms with E-state index in [0.29, 0.717) is 5.84 Å². The van der Waals surface area contributed by atoms with Crippen LogP contribution in [0.15, 0.2) is 17.1 Å². The third-order valence-corrected chi connectivity index (χ3v) is 0.799. The summed E-state index contributed by atoms with van der Waals surface area (Å²) in [4.78, 5) is 0. The number of nitrogens with two attached hydrogens (primary N) is 1. The van der Waals surface area contributed by atoms with Gasteiger partial charge in [-0.1, -0.05) is 6.58 Å². The summed E-state index contributed by atoms with van der Waals surface area (Å²) in [6.07, 6.45) is 3.35. The van der Waals surface area contributed by atoms with Gasteiger partial charge >= 0.3 is 0 Å². The van der Waals surface area contributed by atoms with E-state index in [2.05, 4.69) is 11.0 Å². The zero-order valence-corrected chi connectivity index (χ0v) is 5.03. The smallest absolute Gasteiger partial charge is 0.130 e. The predicted octanol–water partition coefficient (Wildman–Crippen LogP) is 0.808. The summed E-state index contributed by atoms with van der Waals surface area (Å²) in [7, 11) is 0. The molecule has 0 amide bonds. The lowest BCUT2D eigenvalue weighted by Gasteiger charge is -1.83. The first-order valence-electron chi connectivity index (χ1n) is 1.80. The first kappa shape index (κ1) is 6.56. The Labute approximate surface area is 47.6 Å². The first-order chi connectivity index (χ1) is 3.31. The van der Waals surface area contributed by atoms with Crippen molar-refractivity contribution in [1.29, 1.82) is 0 Å². The zero-order valence-electron chi connectivity index (χ0n) is 4.22. The molecule has 0 bridgehead atoms. The van der Waals surface area contributed by atoms with Gasteiger partial charge in [0.25, 0.3) is 0 Å². The molecule has 0 unspecified atom stereocenters. The van der Waals surface area contributed by atoms with E-state index in [1.54, 1.807) is 0 Å². The van der Waals surface area contributed by atoms with Crippen LogP contribution in [0.3, 0.4) is 0 Å². The average Bonchev–Trinajstić information content (AvgIpc) is 1.68. The molecule has 7 heavy (non-hydrogen) atoms. The van der Waals surface area contributed by atoms with Gasteiger partial charge in [-0.2, -0.15) is 4.40 Å². The molecule has 0 saturated carbocycles. The minimum Gasteiger partial charge on any atom is -0.383 e. The van der Waals surface area contributed by atoms with Crippen LogP contribution in [0, 0.1) is 0 Å². The van der Waals surface area contributed by atoms with E-state index in [4.69, 9.17) is 5.73 Å². The average molecular weight is 116 g/mol. The second kappa shape index (κ2) is 3.74. The lowest BCUT2D eigenvalue weighted by molar-refractivity contribution is 1.69. The molecule has 0 aliphatic heterocycles. The minimum atomic E-state index is 0.479. The second-order valence-corrected chi connectivity index (χ2v) is 1.45. The second-order valence-electron chi connectivity index (χ2n) is 0.903.